The number of rotatable bonds is 4. The second-order valence-electron chi connectivity index (χ2n) is 4.74. The van der Waals surface area contributed by atoms with Gasteiger partial charge in [-0.2, -0.15) is 0 Å². The predicted octanol–water partition coefficient (Wildman–Crippen LogP) is -0.755. The Balaban J connectivity index is 1.73. The number of methoxy groups -OCH3 is 1. The van der Waals surface area contributed by atoms with Gasteiger partial charge in [-0.3, -0.25) is 15.1 Å². The van der Waals surface area contributed by atoms with Crippen LogP contribution in [-0.4, -0.2) is 55.9 Å². The molecule has 2 heterocycles. The van der Waals surface area contributed by atoms with Crippen molar-refractivity contribution in [3.05, 3.63) is 0 Å². The molecule has 0 aromatic heterocycles. The maximum Gasteiger partial charge on any atom is 0.263 e. The van der Waals surface area contributed by atoms with Gasteiger partial charge >= 0.3 is 0 Å². The van der Waals surface area contributed by atoms with E-state index in [1.807, 2.05) is 0 Å². The number of hydrogen-bond acceptors (Lipinski definition) is 5. The molecule has 1 amide bonds. The van der Waals surface area contributed by atoms with Gasteiger partial charge in [-0.15, -0.1) is 0 Å². The summed E-state index contributed by atoms with van der Waals surface area (Å²) in [6.07, 6.45) is 2.88. The van der Waals surface area contributed by atoms with Crippen molar-refractivity contribution in [1.82, 2.24) is 10.3 Å². The van der Waals surface area contributed by atoms with E-state index in [-0.39, 0.29) is 18.1 Å². The van der Waals surface area contributed by atoms with Crippen LogP contribution in [-0.2, 0) is 14.3 Å². The Bertz CT molecular complexity index is 275. The molecule has 2 rings (SSSR count). The van der Waals surface area contributed by atoms with Gasteiger partial charge in [0.15, 0.2) is 0 Å². The molecule has 2 saturated heterocycles. The summed E-state index contributed by atoms with van der Waals surface area (Å²) in [7, 11) is 1.75. The molecule has 3 atom stereocenters. The van der Waals surface area contributed by atoms with Crippen LogP contribution >= 0.6 is 0 Å². The molecule has 3 N–H and O–H groups in total. The van der Waals surface area contributed by atoms with Crippen LogP contribution in [0.15, 0.2) is 0 Å². The van der Waals surface area contributed by atoms with E-state index in [4.69, 9.17) is 15.3 Å². The van der Waals surface area contributed by atoms with Crippen LogP contribution < -0.4 is 11.3 Å². The lowest BCUT2D eigenvalue weighted by molar-refractivity contribution is -0.132. The number of hydrazine groups is 1. The molecule has 2 aliphatic heterocycles. The zero-order valence-electron chi connectivity index (χ0n) is 10.2. The number of likely N-dealkylation sites (tertiary alicyclic amines) is 1. The Morgan fingerprint density at radius 2 is 2.35 bits per heavy atom. The molecule has 98 valence electrons. The van der Waals surface area contributed by atoms with Gasteiger partial charge in [0.25, 0.3) is 5.91 Å². The predicted molar refractivity (Wildman–Crippen MR) is 62.1 cm³/mol. The minimum absolute atomic E-state index is 0.146. The SMILES string of the molecule is COC1CCN(CC2CCC(C(=O)NN)O2)C1. The average Bonchev–Trinajstić information content (AvgIpc) is 2.97. The highest BCUT2D eigenvalue weighted by molar-refractivity contribution is 5.80. The fourth-order valence-corrected chi connectivity index (χ4v) is 2.57. The molecule has 2 aliphatic rings. The van der Waals surface area contributed by atoms with Gasteiger partial charge in [-0.25, -0.2) is 5.84 Å². The molecule has 2 fully saturated rings. The quantitative estimate of drug-likeness (QED) is 0.386. The van der Waals surface area contributed by atoms with Crippen molar-refractivity contribution in [2.75, 3.05) is 26.7 Å². The van der Waals surface area contributed by atoms with Gasteiger partial charge in [0.05, 0.1) is 12.2 Å². The van der Waals surface area contributed by atoms with Crippen LogP contribution in [0.5, 0.6) is 0 Å². The molecule has 0 saturated carbocycles. The zero-order chi connectivity index (χ0) is 12.3. The Kier molecular flexibility index (Phi) is 4.33. The van der Waals surface area contributed by atoms with Crippen molar-refractivity contribution in [2.45, 2.75) is 37.6 Å². The van der Waals surface area contributed by atoms with Gasteiger partial charge in [0.1, 0.15) is 6.10 Å². The van der Waals surface area contributed by atoms with Gasteiger partial charge in [-0.05, 0) is 19.3 Å². The van der Waals surface area contributed by atoms with Crippen LogP contribution in [0.3, 0.4) is 0 Å². The normalized spacial score (nSPS) is 34.1. The lowest BCUT2D eigenvalue weighted by Crippen LogP contribution is -2.40. The fourth-order valence-electron chi connectivity index (χ4n) is 2.57. The molecule has 0 radical (unpaired) electrons. The lowest BCUT2D eigenvalue weighted by atomic mass is 10.2. The van der Waals surface area contributed by atoms with Crippen molar-refractivity contribution in [1.29, 1.82) is 0 Å². The van der Waals surface area contributed by atoms with Crippen molar-refractivity contribution < 1.29 is 14.3 Å². The Morgan fingerprint density at radius 1 is 1.53 bits per heavy atom. The van der Waals surface area contributed by atoms with Gasteiger partial charge in [-0.1, -0.05) is 0 Å². The summed E-state index contributed by atoms with van der Waals surface area (Å²) in [4.78, 5) is 13.6. The Labute approximate surface area is 101 Å². The third kappa shape index (κ3) is 3.16. The number of nitrogens with one attached hydrogen (secondary N) is 1. The topological polar surface area (TPSA) is 76.8 Å². The Hall–Kier alpha value is -0.690. The van der Waals surface area contributed by atoms with E-state index in [2.05, 4.69) is 10.3 Å². The number of ether oxygens (including phenoxy) is 2. The fraction of sp³-hybridized carbons (Fsp3) is 0.909. The molecule has 0 spiro atoms. The van der Waals surface area contributed by atoms with E-state index in [0.29, 0.717) is 6.10 Å². The monoisotopic (exact) mass is 243 g/mol. The van der Waals surface area contributed by atoms with Crippen molar-refractivity contribution >= 4 is 5.91 Å². The summed E-state index contributed by atoms with van der Waals surface area (Å²) in [6, 6.07) is 0. The molecule has 0 aliphatic carbocycles. The number of carbonyl (C=O) groups is 1. The van der Waals surface area contributed by atoms with Gasteiger partial charge < -0.3 is 9.47 Å². The summed E-state index contributed by atoms with van der Waals surface area (Å²) in [5, 5.41) is 0. The van der Waals surface area contributed by atoms with E-state index in [1.54, 1.807) is 7.11 Å². The highest BCUT2D eigenvalue weighted by atomic mass is 16.5. The van der Waals surface area contributed by atoms with Crippen LogP contribution in [0.25, 0.3) is 0 Å². The van der Waals surface area contributed by atoms with Crippen LogP contribution in [0, 0.1) is 0 Å². The number of hydrogen-bond donors (Lipinski definition) is 2. The highest BCUT2D eigenvalue weighted by Gasteiger charge is 2.33. The van der Waals surface area contributed by atoms with E-state index < -0.39 is 0 Å². The van der Waals surface area contributed by atoms with Crippen molar-refractivity contribution in [2.24, 2.45) is 5.84 Å². The smallest absolute Gasteiger partial charge is 0.263 e. The third-order valence-electron chi connectivity index (χ3n) is 3.57. The van der Waals surface area contributed by atoms with Crippen LogP contribution in [0.1, 0.15) is 19.3 Å². The minimum Gasteiger partial charge on any atom is -0.380 e. The number of nitrogens with two attached hydrogens (primary N) is 1. The lowest BCUT2D eigenvalue weighted by Gasteiger charge is -2.20. The van der Waals surface area contributed by atoms with E-state index in [1.165, 1.54) is 0 Å². The van der Waals surface area contributed by atoms with Gasteiger partial charge in [0.2, 0.25) is 0 Å². The molecule has 6 nitrogen and oxygen atoms in total. The maximum absolute atomic E-state index is 11.3. The minimum atomic E-state index is -0.370. The zero-order valence-corrected chi connectivity index (χ0v) is 10.2. The summed E-state index contributed by atoms with van der Waals surface area (Å²) in [6.45, 7) is 2.89. The molecule has 0 bridgehead atoms. The second kappa shape index (κ2) is 5.77. The number of carbonyl (C=O) groups excluding carboxylic acids is 1. The van der Waals surface area contributed by atoms with E-state index in [0.717, 1.165) is 38.9 Å². The molecule has 0 aromatic carbocycles. The summed E-state index contributed by atoms with van der Waals surface area (Å²) >= 11 is 0. The Morgan fingerprint density at radius 3 is 3.00 bits per heavy atom. The first kappa shape index (κ1) is 12.8. The maximum atomic E-state index is 11.3. The van der Waals surface area contributed by atoms with Crippen molar-refractivity contribution in [3.8, 4) is 0 Å². The first-order valence-corrected chi connectivity index (χ1v) is 6.14. The third-order valence-corrected chi connectivity index (χ3v) is 3.57. The second-order valence-corrected chi connectivity index (χ2v) is 4.74. The summed E-state index contributed by atoms with van der Waals surface area (Å²) < 4.78 is 11.0. The molecule has 0 aromatic rings. The molecular formula is C11H21N3O3. The highest BCUT2D eigenvalue weighted by Crippen LogP contribution is 2.22. The standard InChI is InChI=1S/C11H21N3O3/c1-16-8-4-5-14(6-8)7-9-2-3-10(17-9)11(15)13-12/h8-10H,2-7,12H2,1H3,(H,13,15). The molecule has 3 unspecified atom stereocenters. The largest absolute Gasteiger partial charge is 0.380 e. The van der Waals surface area contributed by atoms with E-state index >= 15 is 0 Å². The van der Waals surface area contributed by atoms with Crippen molar-refractivity contribution in [3.63, 3.8) is 0 Å². The first-order chi connectivity index (χ1) is 8.22. The van der Waals surface area contributed by atoms with Crippen LogP contribution in [0.2, 0.25) is 0 Å². The molecular weight excluding hydrogens is 222 g/mol. The average molecular weight is 243 g/mol. The number of nitrogens with zero attached hydrogens (tertiary/aromatic N) is 1. The molecule has 17 heavy (non-hydrogen) atoms. The summed E-state index contributed by atoms with van der Waals surface area (Å²) in [5.41, 5.74) is 2.14. The first-order valence-electron chi connectivity index (χ1n) is 6.14. The van der Waals surface area contributed by atoms with Crippen LogP contribution in [0.4, 0.5) is 0 Å². The van der Waals surface area contributed by atoms with E-state index in [9.17, 15) is 4.79 Å². The number of amides is 1. The van der Waals surface area contributed by atoms with Gasteiger partial charge in [0, 0.05) is 26.7 Å². The molecule has 6 heteroatoms. The summed E-state index contributed by atoms with van der Waals surface area (Å²) in [5.74, 6) is 4.87.